The topological polar surface area (TPSA) is 70.1 Å². The van der Waals surface area contributed by atoms with Gasteiger partial charge in [-0.25, -0.2) is 0 Å². The van der Waals surface area contributed by atoms with E-state index in [1.54, 1.807) is 30.1 Å². The molecule has 1 atom stereocenters. The summed E-state index contributed by atoms with van der Waals surface area (Å²) in [6.07, 6.45) is 1.34. The first kappa shape index (κ1) is 14.2. The quantitative estimate of drug-likeness (QED) is 0.861. The van der Waals surface area contributed by atoms with E-state index in [1.807, 2.05) is 13.0 Å². The molecule has 0 saturated heterocycles. The number of amides is 1. The van der Waals surface area contributed by atoms with Crippen molar-refractivity contribution in [3.63, 3.8) is 0 Å². The Hall–Kier alpha value is -1.86. The number of nitriles is 1. The molecule has 2 N–H and O–H groups in total. The molecule has 18 heavy (non-hydrogen) atoms. The fourth-order valence-electron chi connectivity index (χ4n) is 1.71. The van der Waals surface area contributed by atoms with E-state index in [1.165, 1.54) is 0 Å². The Kier molecular flexibility index (Phi) is 5.34. The zero-order valence-electron chi connectivity index (χ0n) is 10.9. The molecule has 0 radical (unpaired) electrons. The minimum absolute atomic E-state index is 0.0300. The maximum absolute atomic E-state index is 12.1. The van der Waals surface area contributed by atoms with E-state index < -0.39 is 0 Å². The Labute approximate surface area is 108 Å². The smallest absolute Gasteiger partial charge is 0.227 e. The van der Waals surface area contributed by atoms with E-state index >= 15 is 0 Å². The lowest BCUT2D eigenvalue weighted by Crippen LogP contribution is -2.30. The number of hydrogen-bond acceptors (Lipinski definition) is 3. The van der Waals surface area contributed by atoms with E-state index in [-0.39, 0.29) is 11.8 Å². The maximum atomic E-state index is 12.1. The van der Waals surface area contributed by atoms with Gasteiger partial charge >= 0.3 is 0 Å². The zero-order chi connectivity index (χ0) is 13.5. The van der Waals surface area contributed by atoms with Crippen molar-refractivity contribution < 1.29 is 4.79 Å². The molecule has 0 spiro atoms. The lowest BCUT2D eigenvalue weighted by molar-refractivity contribution is -0.119. The van der Waals surface area contributed by atoms with Crippen LogP contribution in [0, 0.1) is 17.2 Å². The van der Waals surface area contributed by atoms with Crippen LogP contribution in [0.4, 0.5) is 5.69 Å². The molecule has 1 amide bonds. The largest absolute Gasteiger partial charge is 0.330 e. The maximum Gasteiger partial charge on any atom is 0.227 e. The Morgan fingerprint density at radius 2 is 2.28 bits per heavy atom. The molecule has 1 aromatic rings. The number of nitrogens with zero attached hydrogens (tertiary/aromatic N) is 2. The van der Waals surface area contributed by atoms with E-state index in [0.29, 0.717) is 18.5 Å². The molecule has 1 rings (SSSR count). The molecule has 1 unspecified atom stereocenters. The molecule has 0 fully saturated rings. The highest BCUT2D eigenvalue weighted by Gasteiger charge is 2.15. The molecular weight excluding hydrogens is 226 g/mol. The first-order chi connectivity index (χ1) is 8.62. The first-order valence-electron chi connectivity index (χ1n) is 6.09. The summed E-state index contributed by atoms with van der Waals surface area (Å²) in [4.78, 5) is 13.6. The van der Waals surface area contributed by atoms with Crippen LogP contribution in [0.3, 0.4) is 0 Å². The second-order valence-electron chi connectivity index (χ2n) is 4.33. The lowest BCUT2D eigenvalue weighted by atomic mass is 10.0. The second kappa shape index (κ2) is 6.77. The van der Waals surface area contributed by atoms with Crippen LogP contribution in [0.25, 0.3) is 0 Å². The van der Waals surface area contributed by atoms with Crippen LogP contribution in [-0.2, 0) is 4.79 Å². The van der Waals surface area contributed by atoms with Crippen molar-refractivity contribution in [3.05, 3.63) is 29.8 Å². The number of benzene rings is 1. The predicted molar refractivity (Wildman–Crippen MR) is 72.0 cm³/mol. The predicted octanol–water partition coefficient (Wildman–Crippen LogP) is 1.90. The first-order valence-corrected chi connectivity index (χ1v) is 6.09. The summed E-state index contributed by atoms with van der Waals surface area (Å²) >= 11 is 0. The van der Waals surface area contributed by atoms with Gasteiger partial charge in [-0.2, -0.15) is 5.26 Å². The highest BCUT2D eigenvalue weighted by Crippen LogP contribution is 2.17. The fraction of sp³-hybridized carbons (Fsp3) is 0.429. The molecule has 0 aliphatic rings. The third kappa shape index (κ3) is 3.57. The summed E-state index contributed by atoms with van der Waals surface area (Å²) in [5, 5.41) is 8.83. The normalized spacial score (nSPS) is 11.7. The van der Waals surface area contributed by atoms with Gasteiger partial charge in [-0.15, -0.1) is 0 Å². The van der Waals surface area contributed by atoms with Gasteiger partial charge in [0.05, 0.1) is 11.6 Å². The van der Waals surface area contributed by atoms with Gasteiger partial charge in [-0.3, -0.25) is 4.79 Å². The van der Waals surface area contributed by atoms with Crippen molar-refractivity contribution >= 4 is 11.6 Å². The zero-order valence-corrected chi connectivity index (χ0v) is 10.9. The van der Waals surface area contributed by atoms with Crippen LogP contribution in [0.5, 0.6) is 0 Å². The van der Waals surface area contributed by atoms with Crippen molar-refractivity contribution in [2.24, 2.45) is 11.7 Å². The van der Waals surface area contributed by atoms with Gasteiger partial charge in [0.25, 0.3) is 0 Å². The van der Waals surface area contributed by atoms with E-state index in [0.717, 1.165) is 12.1 Å². The van der Waals surface area contributed by atoms with E-state index in [4.69, 9.17) is 11.0 Å². The van der Waals surface area contributed by atoms with E-state index in [9.17, 15) is 4.79 Å². The van der Waals surface area contributed by atoms with Gasteiger partial charge in [0.15, 0.2) is 0 Å². The number of carbonyl (C=O) groups is 1. The van der Waals surface area contributed by atoms with Gasteiger partial charge in [-0.1, -0.05) is 19.4 Å². The van der Waals surface area contributed by atoms with Crippen molar-refractivity contribution in [1.29, 1.82) is 5.26 Å². The SMILES string of the molecule is CCC(CN)CC(=O)N(C)c1cccc(C#N)c1. The summed E-state index contributed by atoms with van der Waals surface area (Å²) < 4.78 is 0. The van der Waals surface area contributed by atoms with Crippen LogP contribution in [0.2, 0.25) is 0 Å². The molecule has 4 heteroatoms. The number of rotatable bonds is 5. The van der Waals surface area contributed by atoms with Crippen LogP contribution in [0.15, 0.2) is 24.3 Å². The Bertz CT molecular complexity index is 447. The average Bonchev–Trinajstić information content (AvgIpc) is 2.43. The van der Waals surface area contributed by atoms with Gasteiger partial charge in [-0.05, 0) is 30.7 Å². The number of carbonyl (C=O) groups excluding carboxylic acids is 1. The van der Waals surface area contributed by atoms with Crippen molar-refractivity contribution in [3.8, 4) is 6.07 Å². The fourth-order valence-corrected chi connectivity index (χ4v) is 1.71. The lowest BCUT2D eigenvalue weighted by Gasteiger charge is -2.20. The Balaban J connectivity index is 2.77. The Morgan fingerprint density at radius 3 is 2.83 bits per heavy atom. The summed E-state index contributed by atoms with van der Waals surface area (Å²) in [5.41, 5.74) is 6.90. The molecule has 0 aliphatic heterocycles. The Morgan fingerprint density at radius 1 is 1.56 bits per heavy atom. The van der Waals surface area contributed by atoms with Crippen molar-refractivity contribution in [1.82, 2.24) is 0 Å². The minimum Gasteiger partial charge on any atom is -0.330 e. The summed E-state index contributed by atoms with van der Waals surface area (Å²) in [5.74, 6) is 0.251. The number of nitrogens with two attached hydrogens (primary N) is 1. The third-order valence-electron chi connectivity index (χ3n) is 3.11. The molecule has 4 nitrogen and oxygen atoms in total. The van der Waals surface area contributed by atoms with E-state index in [2.05, 4.69) is 6.07 Å². The van der Waals surface area contributed by atoms with Gasteiger partial charge in [0.2, 0.25) is 5.91 Å². The standard InChI is InChI=1S/C14H19N3O/c1-3-11(9-15)8-14(18)17(2)13-6-4-5-12(7-13)10-16/h4-7,11H,3,8-9,15H2,1-2H3. The van der Waals surface area contributed by atoms with Gasteiger partial charge in [0, 0.05) is 19.2 Å². The molecule has 0 saturated carbocycles. The molecule has 0 bridgehead atoms. The number of anilines is 1. The summed E-state index contributed by atoms with van der Waals surface area (Å²) in [7, 11) is 1.72. The molecular formula is C14H19N3O. The molecule has 0 aliphatic carbocycles. The summed E-state index contributed by atoms with van der Waals surface area (Å²) in [6.45, 7) is 2.55. The van der Waals surface area contributed by atoms with Crippen LogP contribution in [0.1, 0.15) is 25.3 Å². The third-order valence-corrected chi connectivity index (χ3v) is 3.11. The monoisotopic (exact) mass is 245 g/mol. The average molecular weight is 245 g/mol. The summed E-state index contributed by atoms with van der Waals surface area (Å²) in [6, 6.07) is 9.09. The van der Waals surface area contributed by atoms with Gasteiger partial charge < -0.3 is 10.6 Å². The van der Waals surface area contributed by atoms with Crippen molar-refractivity contribution in [2.75, 3.05) is 18.5 Å². The minimum atomic E-state index is 0.0300. The highest BCUT2D eigenvalue weighted by atomic mass is 16.2. The molecule has 0 heterocycles. The van der Waals surface area contributed by atoms with Crippen LogP contribution < -0.4 is 10.6 Å². The van der Waals surface area contributed by atoms with Crippen molar-refractivity contribution in [2.45, 2.75) is 19.8 Å². The molecule has 0 aromatic heterocycles. The molecule has 1 aromatic carbocycles. The van der Waals surface area contributed by atoms with Crippen LogP contribution >= 0.6 is 0 Å². The second-order valence-corrected chi connectivity index (χ2v) is 4.33. The van der Waals surface area contributed by atoms with Gasteiger partial charge in [0.1, 0.15) is 0 Å². The highest BCUT2D eigenvalue weighted by molar-refractivity contribution is 5.93. The number of hydrogen-bond donors (Lipinski definition) is 1. The molecule has 96 valence electrons. The van der Waals surface area contributed by atoms with Crippen LogP contribution in [-0.4, -0.2) is 19.5 Å².